The van der Waals surface area contributed by atoms with Crippen LogP contribution in [0.2, 0.25) is 0 Å². The number of aromatic hydroxyl groups is 1. The lowest BCUT2D eigenvalue weighted by molar-refractivity contribution is 0.1000. The van der Waals surface area contributed by atoms with Crippen molar-refractivity contribution in [2.24, 2.45) is 5.73 Å². The van der Waals surface area contributed by atoms with Crippen LogP contribution in [0.3, 0.4) is 0 Å². The largest absolute Gasteiger partial charge is 0.508 e. The molecule has 4 N–H and O–H groups in total. The molecule has 0 atom stereocenters. The molecule has 0 unspecified atom stereocenters. The van der Waals surface area contributed by atoms with Gasteiger partial charge in [0.25, 0.3) is 0 Å². The summed E-state index contributed by atoms with van der Waals surface area (Å²) in [5.74, 6) is -0.150. The van der Waals surface area contributed by atoms with Gasteiger partial charge in [0.05, 0.1) is 0 Å². The molecule has 19 heavy (non-hydrogen) atoms. The molecule has 0 aliphatic rings. The van der Waals surface area contributed by atoms with Crippen LogP contribution in [0.1, 0.15) is 21.5 Å². The van der Waals surface area contributed by atoms with Crippen molar-refractivity contribution < 1.29 is 9.90 Å². The minimum Gasteiger partial charge on any atom is -0.508 e. The summed E-state index contributed by atoms with van der Waals surface area (Å²) in [6.45, 7) is 1.17. The van der Waals surface area contributed by atoms with Crippen LogP contribution in [-0.4, -0.2) is 11.0 Å². The second kappa shape index (κ2) is 6.02. The molecule has 0 aromatic heterocycles. The van der Waals surface area contributed by atoms with Crippen molar-refractivity contribution >= 4 is 5.91 Å². The third kappa shape index (κ3) is 3.56. The van der Waals surface area contributed by atoms with E-state index in [2.05, 4.69) is 5.32 Å². The van der Waals surface area contributed by atoms with E-state index in [-0.39, 0.29) is 5.75 Å². The van der Waals surface area contributed by atoms with E-state index in [0.717, 1.165) is 11.1 Å². The standard InChI is InChI=1S/C15H16N2O2/c16-15(19)12-6-3-4-11(8-12)9-17-10-13-5-1-2-7-14(13)18/h1-8,17-18H,9-10H2,(H2,16,19). The van der Waals surface area contributed by atoms with E-state index in [1.165, 1.54) is 0 Å². The summed E-state index contributed by atoms with van der Waals surface area (Å²) in [6.07, 6.45) is 0. The minimum atomic E-state index is -0.428. The maximum atomic E-state index is 11.1. The first kappa shape index (κ1) is 13.1. The first-order chi connectivity index (χ1) is 9.16. The second-order valence-electron chi connectivity index (χ2n) is 4.30. The molecule has 2 rings (SSSR count). The summed E-state index contributed by atoms with van der Waals surface area (Å²) in [4.78, 5) is 11.1. The first-order valence-electron chi connectivity index (χ1n) is 6.03. The Kier molecular flexibility index (Phi) is 4.15. The number of amides is 1. The Bertz CT molecular complexity index is 582. The Labute approximate surface area is 111 Å². The maximum Gasteiger partial charge on any atom is 0.248 e. The highest BCUT2D eigenvalue weighted by Crippen LogP contribution is 2.15. The van der Waals surface area contributed by atoms with Crippen molar-refractivity contribution in [2.75, 3.05) is 0 Å². The van der Waals surface area contributed by atoms with Crippen LogP contribution < -0.4 is 11.1 Å². The molecule has 0 radical (unpaired) electrons. The van der Waals surface area contributed by atoms with E-state index < -0.39 is 5.91 Å². The lowest BCUT2D eigenvalue weighted by Gasteiger charge is -2.07. The van der Waals surface area contributed by atoms with Crippen molar-refractivity contribution in [3.05, 3.63) is 65.2 Å². The molecule has 1 amide bonds. The molecule has 0 aliphatic carbocycles. The third-order valence-electron chi connectivity index (χ3n) is 2.85. The lowest BCUT2D eigenvalue weighted by Crippen LogP contribution is -2.15. The second-order valence-corrected chi connectivity index (χ2v) is 4.30. The predicted octanol–water partition coefficient (Wildman–Crippen LogP) is 1.78. The fourth-order valence-corrected chi connectivity index (χ4v) is 1.84. The minimum absolute atomic E-state index is 0.279. The number of hydrogen-bond acceptors (Lipinski definition) is 3. The van der Waals surface area contributed by atoms with Gasteiger partial charge in [-0.15, -0.1) is 0 Å². The smallest absolute Gasteiger partial charge is 0.248 e. The van der Waals surface area contributed by atoms with Crippen LogP contribution in [0.15, 0.2) is 48.5 Å². The number of primary amides is 1. The SMILES string of the molecule is NC(=O)c1cccc(CNCc2ccccc2O)c1. The number of phenolic OH excluding ortho intramolecular Hbond substituents is 1. The van der Waals surface area contributed by atoms with Crippen molar-refractivity contribution in [2.45, 2.75) is 13.1 Å². The molecule has 98 valence electrons. The van der Waals surface area contributed by atoms with Crippen LogP contribution in [0.5, 0.6) is 5.75 Å². The number of rotatable bonds is 5. The van der Waals surface area contributed by atoms with Gasteiger partial charge in [-0.05, 0) is 23.8 Å². The number of carbonyl (C=O) groups is 1. The molecule has 0 spiro atoms. The van der Waals surface area contributed by atoms with E-state index in [1.54, 1.807) is 30.3 Å². The summed E-state index contributed by atoms with van der Waals surface area (Å²) in [5.41, 5.74) is 7.55. The molecule has 0 bridgehead atoms. The Morgan fingerprint density at radius 3 is 2.63 bits per heavy atom. The summed E-state index contributed by atoms with van der Waals surface area (Å²) in [7, 11) is 0. The van der Waals surface area contributed by atoms with Crippen LogP contribution in [-0.2, 0) is 13.1 Å². The third-order valence-corrected chi connectivity index (χ3v) is 2.85. The highest BCUT2D eigenvalue weighted by atomic mass is 16.3. The van der Waals surface area contributed by atoms with Crippen LogP contribution in [0.4, 0.5) is 0 Å². The molecule has 2 aromatic carbocycles. The van der Waals surface area contributed by atoms with Crippen molar-refractivity contribution in [3.8, 4) is 5.75 Å². The molecule has 0 fully saturated rings. The molecular weight excluding hydrogens is 240 g/mol. The highest BCUT2D eigenvalue weighted by molar-refractivity contribution is 5.92. The summed E-state index contributed by atoms with van der Waals surface area (Å²) < 4.78 is 0. The van der Waals surface area contributed by atoms with Crippen molar-refractivity contribution in [1.82, 2.24) is 5.32 Å². The van der Waals surface area contributed by atoms with E-state index in [1.807, 2.05) is 18.2 Å². The van der Waals surface area contributed by atoms with Crippen molar-refractivity contribution in [1.29, 1.82) is 0 Å². The average Bonchev–Trinajstić information content (AvgIpc) is 2.41. The fraction of sp³-hybridized carbons (Fsp3) is 0.133. The van der Waals surface area contributed by atoms with Gasteiger partial charge in [0.15, 0.2) is 0 Å². The molecule has 4 heteroatoms. The summed E-state index contributed by atoms with van der Waals surface area (Å²) in [6, 6.07) is 14.4. The molecular formula is C15H16N2O2. The molecule has 2 aromatic rings. The van der Waals surface area contributed by atoms with Gasteiger partial charge in [-0.2, -0.15) is 0 Å². The average molecular weight is 256 g/mol. The molecule has 4 nitrogen and oxygen atoms in total. The van der Waals surface area contributed by atoms with Gasteiger partial charge in [-0.1, -0.05) is 30.3 Å². The summed E-state index contributed by atoms with van der Waals surface area (Å²) in [5, 5.41) is 12.8. The zero-order valence-corrected chi connectivity index (χ0v) is 10.5. The zero-order chi connectivity index (χ0) is 13.7. The van der Waals surface area contributed by atoms with Gasteiger partial charge >= 0.3 is 0 Å². The van der Waals surface area contributed by atoms with Gasteiger partial charge < -0.3 is 16.2 Å². The van der Waals surface area contributed by atoms with Crippen LogP contribution in [0, 0.1) is 0 Å². The van der Waals surface area contributed by atoms with Crippen molar-refractivity contribution in [3.63, 3.8) is 0 Å². The van der Waals surface area contributed by atoms with Gasteiger partial charge in [-0.25, -0.2) is 0 Å². The number of phenols is 1. The maximum absolute atomic E-state index is 11.1. The summed E-state index contributed by atoms with van der Waals surface area (Å²) >= 11 is 0. The Morgan fingerprint density at radius 2 is 1.89 bits per heavy atom. The normalized spacial score (nSPS) is 10.3. The highest BCUT2D eigenvalue weighted by Gasteiger charge is 2.02. The van der Waals surface area contributed by atoms with Gasteiger partial charge in [-0.3, -0.25) is 4.79 Å². The first-order valence-corrected chi connectivity index (χ1v) is 6.03. The number of benzene rings is 2. The van der Waals surface area contributed by atoms with Gasteiger partial charge in [0, 0.05) is 24.2 Å². The molecule has 0 saturated heterocycles. The van der Waals surface area contributed by atoms with E-state index in [9.17, 15) is 9.90 Å². The number of hydrogen-bond donors (Lipinski definition) is 3. The molecule has 0 saturated carbocycles. The monoisotopic (exact) mass is 256 g/mol. The number of carbonyl (C=O) groups excluding carboxylic acids is 1. The topological polar surface area (TPSA) is 75.4 Å². The lowest BCUT2D eigenvalue weighted by atomic mass is 10.1. The number of nitrogens with one attached hydrogen (secondary N) is 1. The molecule has 0 heterocycles. The quantitative estimate of drug-likeness (QED) is 0.763. The molecule has 0 aliphatic heterocycles. The van der Waals surface area contributed by atoms with Crippen LogP contribution >= 0.6 is 0 Å². The van der Waals surface area contributed by atoms with E-state index >= 15 is 0 Å². The van der Waals surface area contributed by atoms with Crippen LogP contribution in [0.25, 0.3) is 0 Å². The Morgan fingerprint density at radius 1 is 1.11 bits per heavy atom. The van der Waals surface area contributed by atoms with E-state index in [0.29, 0.717) is 18.7 Å². The fourth-order valence-electron chi connectivity index (χ4n) is 1.84. The number of nitrogens with two attached hydrogens (primary N) is 1. The predicted molar refractivity (Wildman–Crippen MR) is 73.6 cm³/mol. The zero-order valence-electron chi connectivity index (χ0n) is 10.5. The Hall–Kier alpha value is -2.33. The van der Waals surface area contributed by atoms with Gasteiger partial charge in [0.2, 0.25) is 5.91 Å². The number of para-hydroxylation sites is 1. The van der Waals surface area contributed by atoms with E-state index in [4.69, 9.17) is 5.73 Å². The van der Waals surface area contributed by atoms with Gasteiger partial charge in [0.1, 0.15) is 5.75 Å². The Balaban J connectivity index is 1.94.